The number of hydrogen-bond acceptors (Lipinski definition) is 8. The van der Waals surface area contributed by atoms with Gasteiger partial charge in [-0.15, -0.1) is 0 Å². The van der Waals surface area contributed by atoms with Crippen LogP contribution in [0.1, 0.15) is 19.8 Å². The van der Waals surface area contributed by atoms with Crippen molar-refractivity contribution in [2.24, 2.45) is 0 Å². The third kappa shape index (κ3) is 4.27. The van der Waals surface area contributed by atoms with Gasteiger partial charge in [0.15, 0.2) is 5.65 Å². The Bertz CT molecular complexity index is 1130. The second-order valence-corrected chi connectivity index (χ2v) is 8.36. The van der Waals surface area contributed by atoms with Crippen molar-refractivity contribution in [3.63, 3.8) is 0 Å². The molecule has 0 bridgehead atoms. The van der Waals surface area contributed by atoms with Crippen molar-refractivity contribution in [1.82, 2.24) is 14.4 Å². The van der Waals surface area contributed by atoms with Gasteiger partial charge in [0.05, 0.1) is 21.3 Å². The Morgan fingerprint density at radius 3 is 2.63 bits per heavy atom. The summed E-state index contributed by atoms with van der Waals surface area (Å²) < 4.78 is 32.3. The minimum atomic E-state index is -3.90. The average Bonchev–Trinajstić information content (AvgIpc) is 3.19. The Morgan fingerprint density at radius 2 is 2.00 bits per heavy atom. The van der Waals surface area contributed by atoms with E-state index in [0.29, 0.717) is 18.4 Å². The molecule has 0 amide bonds. The van der Waals surface area contributed by atoms with Crippen LogP contribution < -0.4 is 10.9 Å². The molecule has 0 aliphatic carbocycles. The average molecular weight is 433 g/mol. The van der Waals surface area contributed by atoms with Gasteiger partial charge in [0.2, 0.25) is 0 Å². The number of hydrazine groups is 1. The van der Waals surface area contributed by atoms with Gasteiger partial charge in [0.25, 0.3) is 10.0 Å². The van der Waals surface area contributed by atoms with Crippen LogP contribution in [0.15, 0.2) is 53.7 Å². The fourth-order valence-corrected chi connectivity index (χ4v) is 4.42. The van der Waals surface area contributed by atoms with Crippen LogP contribution in [0.5, 0.6) is 0 Å². The lowest BCUT2D eigenvalue weighted by molar-refractivity contribution is -0.384. The van der Waals surface area contributed by atoms with E-state index in [2.05, 4.69) is 15.8 Å². The fourth-order valence-electron chi connectivity index (χ4n) is 3.09. The SMILES string of the molecule is CCC(CCNNc1c([N+](=O)[O-])cnc2c1ccn2S(=O)(=O)c1ccccc1)OC. The molecule has 2 aromatic heterocycles. The number of methoxy groups -OCH3 is 1. The maximum absolute atomic E-state index is 13.0. The fraction of sp³-hybridized carbons (Fsp3) is 0.316. The van der Waals surface area contributed by atoms with Gasteiger partial charge in [-0.3, -0.25) is 10.1 Å². The molecule has 1 atom stereocenters. The number of aromatic nitrogens is 2. The molecule has 0 aliphatic rings. The standard InChI is InChI=1S/C19H23N5O5S/c1-3-14(29-2)9-11-21-22-18-16-10-12-23(19(16)20-13-17(18)24(25)26)30(27,28)15-7-5-4-6-8-15/h4-8,10,12-14,21H,3,9,11H2,1-2H3,(H,20,22). The number of nitrogens with one attached hydrogen (secondary N) is 2. The first-order valence-electron chi connectivity index (χ1n) is 9.36. The molecular weight excluding hydrogens is 410 g/mol. The van der Waals surface area contributed by atoms with E-state index in [0.717, 1.165) is 16.6 Å². The van der Waals surface area contributed by atoms with E-state index in [4.69, 9.17) is 4.74 Å². The number of benzene rings is 1. The third-order valence-corrected chi connectivity index (χ3v) is 6.43. The van der Waals surface area contributed by atoms with Crippen molar-refractivity contribution in [2.75, 3.05) is 19.1 Å². The third-order valence-electron chi connectivity index (χ3n) is 4.75. The Labute approximate surface area is 174 Å². The maximum atomic E-state index is 13.0. The highest BCUT2D eigenvalue weighted by Crippen LogP contribution is 2.33. The first-order valence-corrected chi connectivity index (χ1v) is 10.8. The van der Waals surface area contributed by atoms with Crippen molar-refractivity contribution < 1.29 is 18.1 Å². The summed E-state index contributed by atoms with van der Waals surface area (Å²) in [6.45, 7) is 2.51. The van der Waals surface area contributed by atoms with Crippen LogP contribution in [0.25, 0.3) is 11.0 Å². The Kier molecular flexibility index (Phi) is 6.65. The molecule has 0 saturated heterocycles. The second-order valence-electron chi connectivity index (χ2n) is 6.55. The van der Waals surface area contributed by atoms with Gasteiger partial charge >= 0.3 is 5.69 Å². The van der Waals surface area contributed by atoms with Crippen molar-refractivity contribution in [3.8, 4) is 0 Å². The predicted molar refractivity (Wildman–Crippen MR) is 113 cm³/mol. The molecule has 0 radical (unpaired) electrons. The normalized spacial score (nSPS) is 12.7. The van der Waals surface area contributed by atoms with Gasteiger partial charge in [-0.05, 0) is 31.0 Å². The van der Waals surface area contributed by atoms with E-state index in [1.807, 2.05) is 6.92 Å². The van der Waals surface area contributed by atoms with Crippen LogP contribution in [-0.2, 0) is 14.8 Å². The van der Waals surface area contributed by atoms with E-state index in [1.54, 1.807) is 25.3 Å². The monoisotopic (exact) mass is 433 g/mol. The van der Waals surface area contributed by atoms with Gasteiger partial charge in [-0.2, -0.15) is 0 Å². The van der Waals surface area contributed by atoms with E-state index in [-0.39, 0.29) is 28.0 Å². The summed E-state index contributed by atoms with van der Waals surface area (Å²) in [4.78, 5) is 15.1. The van der Waals surface area contributed by atoms with E-state index >= 15 is 0 Å². The van der Waals surface area contributed by atoms with E-state index in [1.165, 1.54) is 24.4 Å². The molecule has 160 valence electrons. The summed E-state index contributed by atoms with van der Waals surface area (Å²) >= 11 is 0. The minimum absolute atomic E-state index is 0.0730. The van der Waals surface area contributed by atoms with Gasteiger partial charge < -0.3 is 10.2 Å². The number of rotatable bonds is 10. The molecule has 0 fully saturated rings. The van der Waals surface area contributed by atoms with Crippen LogP contribution in [0, 0.1) is 10.1 Å². The molecule has 1 unspecified atom stereocenters. The predicted octanol–water partition coefficient (Wildman–Crippen LogP) is 2.91. The number of pyridine rings is 1. The highest BCUT2D eigenvalue weighted by atomic mass is 32.2. The first-order chi connectivity index (χ1) is 14.4. The van der Waals surface area contributed by atoms with Crippen molar-refractivity contribution in [1.29, 1.82) is 0 Å². The Morgan fingerprint density at radius 1 is 1.27 bits per heavy atom. The zero-order valence-electron chi connectivity index (χ0n) is 16.6. The Balaban J connectivity index is 1.96. The van der Waals surface area contributed by atoms with Crippen LogP contribution in [0.4, 0.5) is 11.4 Å². The van der Waals surface area contributed by atoms with Crippen LogP contribution in [-0.4, -0.2) is 42.1 Å². The molecule has 3 aromatic rings. The maximum Gasteiger partial charge on any atom is 0.312 e. The van der Waals surface area contributed by atoms with Gasteiger partial charge in [-0.1, -0.05) is 25.1 Å². The van der Waals surface area contributed by atoms with Gasteiger partial charge in [0, 0.05) is 19.9 Å². The zero-order chi connectivity index (χ0) is 21.7. The molecule has 2 N–H and O–H groups in total. The highest BCUT2D eigenvalue weighted by molar-refractivity contribution is 7.90. The van der Waals surface area contributed by atoms with Crippen molar-refractivity contribution in [2.45, 2.75) is 30.8 Å². The largest absolute Gasteiger partial charge is 0.381 e. The van der Waals surface area contributed by atoms with Crippen molar-refractivity contribution >= 4 is 32.4 Å². The number of fused-ring (bicyclic) bond motifs is 1. The minimum Gasteiger partial charge on any atom is -0.381 e. The van der Waals surface area contributed by atoms with Crippen molar-refractivity contribution in [3.05, 3.63) is 58.9 Å². The molecule has 10 nitrogen and oxygen atoms in total. The lowest BCUT2D eigenvalue weighted by Gasteiger charge is -2.14. The molecule has 3 rings (SSSR count). The zero-order valence-corrected chi connectivity index (χ0v) is 17.4. The Hall–Kier alpha value is -3.02. The topological polar surface area (TPSA) is 128 Å². The number of ether oxygens (including phenoxy) is 1. The number of nitrogens with zero attached hydrogens (tertiary/aromatic N) is 3. The van der Waals surface area contributed by atoms with Crippen LogP contribution in [0.2, 0.25) is 0 Å². The summed E-state index contributed by atoms with van der Waals surface area (Å²) in [6.07, 6.45) is 4.01. The molecule has 0 saturated carbocycles. The lowest BCUT2D eigenvalue weighted by Crippen LogP contribution is -2.27. The number of hydrogen-bond donors (Lipinski definition) is 2. The first kappa shape index (κ1) is 21.7. The number of anilines is 1. The van der Waals surface area contributed by atoms with Crippen LogP contribution in [0.3, 0.4) is 0 Å². The summed E-state index contributed by atoms with van der Waals surface area (Å²) in [7, 11) is -2.26. The molecular formula is C19H23N5O5S. The van der Waals surface area contributed by atoms with Gasteiger partial charge in [0.1, 0.15) is 11.9 Å². The molecule has 30 heavy (non-hydrogen) atoms. The van der Waals surface area contributed by atoms with Gasteiger partial charge in [-0.25, -0.2) is 22.8 Å². The molecule has 0 aliphatic heterocycles. The molecule has 1 aromatic carbocycles. The van der Waals surface area contributed by atoms with E-state index in [9.17, 15) is 18.5 Å². The second kappa shape index (κ2) is 9.20. The lowest BCUT2D eigenvalue weighted by atomic mass is 10.2. The smallest absolute Gasteiger partial charge is 0.312 e. The summed E-state index contributed by atoms with van der Waals surface area (Å²) in [5, 5.41) is 11.8. The summed E-state index contributed by atoms with van der Waals surface area (Å²) in [6, 6.07) is 9.41. The number of nitro groups is 1. The highest BCUT2D eigenvalue weighted by Gasteiger charge is 2.25. The summed E-state index contributed by atoms with van der Waals surface area (Å²) in [5.41, 5.74) is 5.78. The molecule has 2 heterocycles. The summed E-state index contributed by atoms with van der Waals surface area (Å²) in [5.74, 6) is 0. The van der Waals surface area contributed by atoms with Crippen LogP contribution >= 0.6 is 0 Å². The van der Waals surface area contributed by atoms with E-state index < -0.39 is 14.9 Å². The molecule has 11 heteroatoms. The molecule has 0 spiro atoms. The quantitative estimate of drug-likeness (QED) is 0.284.